The highest BCUT2D eigenvalue weighted by Crippen LogP contribution is 2.55. The Labute approximate surface area is 201 Å². The maximum atomic E-state index is 13.1. The maximum Gasteiger partial charge on any atom is 0.478 e. The van der Waals surface area contributed by atoms with Gasteiger partial charge in [-0.3, -0.25) is 18.7 Å². The minimum atomic E-state index is -4.12. The monoisotopic (exact) mass is 510 g/mol. The van der Waals surface area contributed by atoms with Crippen molar-refractivity contribution in [3.05, 3.63) is 0 Å². The van der Waals surface area contributed by atoms with E-state index < -0.39 is 62.2 Å². The Kier molecular flexibility index (Phi) is 9.97. The number of esters is 1. The summed E-state index contributed by atoms with van der Waals surface area (Å²) in [4.78, 5) is 38.5. The van der Waals surface area contributed by atoms with E-state index in [0.717, 1.165) is 9.80 Å². The molecule has 1 aliphatic heterocycles. The third kappa shape index (κ3) is 11.5. The van der Waals surface area contributed by atoms with Crippen molar-refractivity contribution >= 4 is 26.0 Å². The van der Waals surface area contributed by atoms with Crippen LogP contribution in [0.4, 0.5) is 9.59 Å². The zero-order valence-electron chi connectivity index (χ0n) is 21.6. The molecule has 1 fully saturated rings. The zero-order valence-corrected chi connectivity index (χ0v) is 22.5. The van der Waals surface area contributed by atoms with Crippen molar-refractivity contribution in [1.82, 2.24) is 9.80 Å². The number of nitrogens with zero attached hydrogens (tertiary/aromatic N) is 2. The number of carbonyl (C=O) groups is 3. The maximum absolute atomic E-state index is 13.1. The topological polar surface area (TPSA) is 141 Å². The number of carbonyl (C=O) groups excluding carboxylic acids is 2. The first-order valence-corrected chi connectivity index (χ1v) is 12.4. The molecule has 0 saturated carbocycles. The standard InChI is InChI=1S/C21H39N2O10P/c1-19(2,3)31-16(24)13-22(12-15-10-11-23(15)17(25)26)18(27)29-14-30-34(28,32-20(4,5)6)33-21(7,8)9/h15H,10-14H2,1-9H3,(H,25,26)/t15-/m1/s1. The molecule has 1 saturated heterocycles. The van der Waals surface area contributed by atoms with Gasteiger partial charge in [0.05, 0.1) is 17.2 Å². The van der Waals surface area contributed by atoms with Gasteiger partial charge in [-0.05, 0) is 68.7 Å². The van der Waals surface area contributed by atoms with Gasteiger partial charge in [0, 0.05) is 13.1 Å². The lowest BCUT2D eigenvalue weighted by Gasteiger charge is -2.41. The molecule has 34 heavy (non-hydrogen) atoms. The number of carboxylic acid groups (broad SMARTS) is 1. The summed E-state index contributed by atoms with van der Waals surface area (Å²) in [6.45, 7) is 14.0. The second-order valence-electron chi connectivity index (χ2n) is 10.9. The summed E-state index contributed by atoms with van der Waals surface area (Å²) < 4.78 is 39.5. The summed E-state index contributed by atoms with van der Waals surface area (Å²) >= 11 is 0. The molecule has 13 heteroatoms. The van der Waals surface area contributed by atoms with Gasteiger partial charge in [-0.2, -0.15) is 0 Å². The second kappa shape index (κ2) is 11.2. The lowest BCUT2D eigenvalue weighted by molar-refractivity contribution is -0.156. The van der Waals surface area contributed by atoms with Gasteiger partial charge in [-0.15, -0.1) is 0 Å². The number of phosphoric ester groups is 1. The van der Waals surface area contributed by atoms with Crippen molar-refractivity contribution in [3.63, 3.8) is 0 Å². The average molecular weight is 511 g/mol. The van der Waals surface area contributed by atoms with E-state index in [1.54, 1.807) is 62.3 Å². The molecule has 12 nitrogen and oxygen atoms in total. The van der Waals surface area contributed by atoms with Crippen molar-refractivity contribution < 1.29 is 47.1 Å². The molecule has 1 N–H and O–H groups in total. The van der Waals surface area contributed by atoms with Crippen molar-refractivity contribution in [2.75, 3.05) is 26.4 Å². The Balaban J connectivity index is 2.87. The summed E-state index contributed by atoms with van der Waals surface area (Å²) in [6.07, 6.45) is -1.57. The highest BCUT2D eigenvalue weighted by molar-refractivity contribution is 7.48. The molecule has 0 aromatic carbocycles. The van der Waals surface area contributed by atoms with E-state index in [9.17, 15) is 24.1 Å². The third-order valence-electron chi connectivity index (χ3n) is 3.98. The first-order chi connectivity index (χ1) is 15.2. The van der Waals surface area contributed by atoms with Crippen molar-refractivity contribution in [2.24, 2.45) is 0 Å². The van der Waals surface area contributed by atoms with E-state index in [2.05, 4.69) is 0 Å². The van der Waals surface area contributed by atoms with Crippen LogP contribution in [0.5, 0.6) is 0 Å². The third-order valence-corrected chi connectivity index (χ3v) is 5.95. The molecular formula is C21H39N2O10P. The lowest BCUT2D eigenvalue weighted by Crippen LogP contribution is -2.57. The van der Waals surface area contributed by atoms with Crippen LogP contribution in [0.2, 0.25) is 0 Å². The number of likely N-dealkylation sites (tertiary alicyclic amines) is 1. The molecule has 0 aromatic rings. The van der Waals surface area contributed by atoms with E-state index in [0.29, 0.717) is 13.0 Å². The number of amides is 2. The highest BCUT2D eigenvalue weighted by atomic mass is 31.2. The Morgan fingerprint density at radius 2 is 1.50 bits per heavy atom. The molecule has 0 unspecified atom stereocenters. The van der Waals surface area contributed by atoms with E-state index in [-0.39, 0.29) is 6.54 Å². The molecule has 0 aromatic heterocycles. The average Bonchev–Trinajstić information content (AvgIpc) is 2.51. The summed E-state index contributed by atoms with van der Waals surface area (Å²) in [6, 6.07) is -0.493. The van der Waals surface area contributed by atoms with Gasteiger partial charge >= 0.3 is 26.0 Å². The van der Waals surface area contributed by atoms with E-state index >= 15 is 0 Å². The molecule has 1 aliphatic rings. The molecule has 1 heterocycles. The minimum Gasteiger partial charge on any atom is -0.465 e. The second-order valence-corrected chi connectivity index (χ2v) is 12.4. The van der Waals surface area contributed by atoms with Crippen LogP contribution in [0.25, 0.3) is 0 Å². The predicted molar refractivity (Wildman–Crippen MR) is 122 cm³/mol. The van der Waals surface area contributed by atoms with Crippen LogP contribution in [-0.4, -0.2) is 82.3 Å². The zero-order chi connectivity index (χ0) is 26.5. The largest absolute Gasteiger partial charge is 0.478 e. The van der Waals surface area contributed by atoms with Crippen LogP contribution < -0.4 is 0 Å². The summed E-state index contributed by atoms with van der Waals surface area (Å²) in [5, 5.41) is 9.23. The van der Waals surface area contributed by atoms with Crippen molar-refractivity contribution in [2.45, 2.75) is 91.6 Å². The van der Waals surface area contributed by atoms with Crippen LogP contribution in [0.1, 0.15) is 68.7 Å². The summed E-state index contributed by atoms with van der Waals surface area (Å²) in [5.41, 5.74) is -2.53. The van der Waals surface area contributed by atoms with Gasteiger partial charge in [-0.25, -0.2) is 18.7 Å². The Hall–Kier alpha value is -1.88. The fraction of sp³-hybridized carbons (Fsp3) is 0.857. The Bertz CT molecular complexity index is 762. The van der Waals surface area contributed by atoms with E-state index in [4.69, 9.17) is 23.0 Å². The van der Waals surface area contributed by atoms with Gasteiger partial charge in [-0.1, -0.05) is 0 Å². The molecule has 0 radical (unpaired) electrons. The highest BCUT2D eigenvalue weighted by Gasteiger charge is 2.39. The predicted octanol–water partition coefficient (Wildman–Crippen LogP) is 4.23. The van der Waals surface area contributed by atoms with Crippen LogP contribution in [-0.2, 0) is 32.4 Å². The van der Waals surface area contributed by atoms with Crippen LogP contribution >= 0.6 is 7.82 Å². The molecule has 0 spiro atoms. The number of phosphoric acid groups is 1. The van der Waals surface area contributed by atoms with E-state index in [1.165, 1.54) is 0 Å². The molecule has 198 valence electrons. The first kappa shape index (κ1) is 30.2. The number of hydrogen-bond acceptors (Lipinski definition) is 9. The Morgan fingerprint density at radius 3 is 1.88 bits per heavy atom. The van der Waals surface area contributed by atoms with Gasteiger partial charge in [0.1, 0.15) is 12.1 Å². The molecule has 1 atom stereocenters. The number of ether oxygens (including phenoxy) is 2. The first-order valence-electron chi connectivity index (χ1n) is 11.0. The minimum absolute atomic E-state index is 0.0843. The molecule has 2 amide bonds. The van der Waals surface area contributed by atoms with Crippen molar-refractivity contribution in [3.8, 4) is 0 Å². The normalized spacial score (nSPS) is 17.1. The SMILES string of the molecule is CC(C)(C)OC(=O)CN(C[C@H]1CCN1C(=O)O)C(=O)OCOP(=O)(OC(C)(C)C)OC(C)(C)C. The summed E-state index contributed by atoms with van der Waals surface area (Å²) in [7, 11) is -4.12. The van der Waals surface area contributed by atoms with Gasteiger partial charge < -0.3 is 19.5 Å². The molecule has 1 rings (SSSR count). The smallest absolute Gasteiger partial charge is 0.465 e. The quantitative estimate of drug-likeness (QED) is 0.272. The van der Waals surface area contributed by atoms with Crippen LogP contribution in [0, 0.1) is 0 Å². The van der Waals surface area contributed by atoms with E-state index in [1.807, 2.05) is 0 Å². The van der Waals surface area contributed by atoms with Gasteiger partial charge in [0.2, 0.25) is 6.79 Å². The molecule has 0 bridgehead atoms. The lowest BCUT2D eigenvalue weighted by atomic mass is 10.0. The van der Waals surface area contributed by atoms with Gasteiger partial charge in [0.15, 0.2) is 0 Å². The van der Waals surface area contributed by atoms with Crippen LogP contribution in [0.15, 0.2) is 0 Å². The fourth-order valence-electron chi connectivity index (χ4n) is 2.84. The Morgan fingerprint density at radius 1 is 0.971 bits per heavy atom. The van der Waals surface area contributed by atoms with Gasteiger partial charge in [0.25, 0.3) is 0 Å². The molecule has 0 aliphatic carbocycles. The van der Waals surface area contributed by atoms with Crippen molar-refractivity contribution in [1.29, 1.82) is 0 Å². The number of rotatable bonds is 9. The fourth-order valence-corrected chi connectivity index (χ4v) is 4.51. The summed E-state index contributed by atoms with van der Waals surface area (Å²) in [5.74, 6) is -0.690. The van der Waals surface area contributed by atoms with Crippen LogP contribution in [0.3, 0.4) is 0 Å². The molecular weight excluding hydrogens is 471 g/mol. The number of hydrogen-bond donors (Lipinski definition) is 1.